The van der Waals surface area contributed by atoms with Crippen molar-refractivity contribution >= 4 is 34.1 Å². The number of hydrogen-bond acceptors (Lipinski definition) is 4. The fraction of sp³-hybridized carbons (Fsp3) is 0.200. The fourth-order valence-corrected chi connectivity index (χ4v) is 3.36. The van der Waals surface area contributed by atoms with Crippen molar-refractivity contribution in [3.05, 3.63) is 69.4 Å². The Balaban J connectivity index is 1.56. The summed E-state index contributed by atoms with van der Waals surface area (Å²) in [5.74, 6) is -0.453. The number of para-hydroxylation sites is 1. The van der Waals surface area contributed by atoms with Gasteiger partial charge >= 0.3 is 5.69 Å². The highest BCUT2D eigenvalue weighted by Gasteiger charge is 2.22. The third kappa shape index (κ3) is 3.32. The van der Waals surface area contributed by atoms with E-state index in [0.29, 0.717) is 35.2 Å². The standard InChI is InChI=1S/C20H18N4O4/c25-17(12-24-19(27)15-7-1-2-8-16(15)22-20(24)28)21-13-5-3-6-14(11-13)23-10-4-9-18(23)26/h1-3,5-8,11H,4,9-10,12H2,(H,21,25)(H,22,28). The molecule has 4 rings (SSSR count). The number of rotatable bonds is 4. The molecule has 1 fully saturated rings. The number of H-pyrrole nitrogens is 1. The van der Waals surface area contributed by atoms with Crippen LogP contribution in [0, 0.1) is 0 Å². The average Bonchev–Trinajstić information content (AvgIpc) is 3.11. The highest BCUT2D eigenvalue weighted by Crippen LogP contribution is 2.24. The molecule has 1 aliphatic rings. The summed E-state index contributed by atoms with van der Waals surface area (Å²) in [4.78, 5) is 53.3. The van der Waals surface area contributed by atoms with Crippen molar-refractivity contribution in [2.24, 2.45) is 0 Å². The number of nitrogens with one attached hydrogen (secondary N) is 2. The van der Waals surface area contributed by atoms with Gasteiger partial charge in [0.05, 0.1) is 10.9 Å². The highest BCUT2D eigenvalue weighted by molar-refractivity contribution is 5.97. The molecule has 2 amide bonds. The minimum atomic E-state index is -0.643. The number of anilines is 2. The van der Waals surface area contributed by atoms with Gasteiger partial charge in [-0.05, 0) is 36.8 Å². The quantitative estimate of drug-likeness (QED) is 0.717. The average molecular weight is 378 g/mol. The molecular formula is C20H18N4O4. The molecule has 0 atom stereocenters. The van der Waals surface area contributed by atoms with E-state index < -0.39 is 23.7 Å². The van der Waals surface area contributed by atoms with Gasteiger partial charge in [0.15, 0.2) is 0 Å². The van der Waals surface area contributed by atoms with Crippen LogP contribution >= 0.6 is 0 Å². The molecule has 1 aromatic heterocycles. The second kappa shape index (κ2) is 7.15. The number of hydrogen-bond donors (Lipinski definition) is 2. The van der Waals surface area contributed by atoms with Crippen molar-refractivity contribution < 1.29 is 9.59 Å². The van der Waals surface area contributed by atoms with Crippen LogP contribution in [0.1, 0.15) is 12.8 Å². The lowest BCUT2D eigenvalue weighted by molar-refractivity contribution is -0.117. The zero-order chi connectivity index (χ0) is 19.7. The van der Waals surface area contributed by atoms with Crippen molar-refractivity contribution in [2.45, 2.75) is 19.4 Å². The fourth-order valence-electron chi connectivity index (χ4n) is 3.36. The van der Waals surface area contributed by atoms with Crippen LogP contribution in [-0.4, -0.2) is 27.9 Å². The molecule has 1 aliphatic heterocycles. The van der Waals surface area contributed by atoms with E-state index in [0.717, 1.165) is 11.0 Å². The maximum Gasteiger partial charge on any atom is 0.329 e. The minimum absolute atomic E-state index is 0.0535. The first kappa shape index (κ1) is 17.7. The molecule has 8 heteroatoms. The largest absolute Gasteiger partial charge is 0.329 e. The van der Waals surface area contributed by atoms with Crippen LogP contribution in [0.15, 0.2) is 58.1 Å². The third-order valence-electron chi connectivity index (χ3n) is 4.71. The van der Waals surface area contributed by atoms with Crippen LogP contribution in [-0.2, 0) is 16.1 Å². The van der Waals surface area contributed by atoms with E-state index in [2.05, 4.69) is 10.3 Å². The van der Waals surface area contributed by atoms with E-state index in [-0.39, 0.29) is 5.91 Å². The smallest absolute Gasteiger partial charge is 0.324 e. The molecule has 3 aromatic rings. The second-order valence-corrected chi connectivity index (χ2v) is 6.61. The van der Waals surface area contributed by atoms with Gasteiger partial charge in [-0.25, -0.2) is 4.79 Å². The zero-order valence-corrected chi connectivity index (χ0v) is 15.0. The van der Waals surface area contributed by atoms with Crippen LogP contribution in [0.3, 0.4) is 0 Å². The lowest BCUT2D eigenvalue weighted by Crippen LogP contribution is -2.38. The van der Waals surface area contributed by atoms with Crippen LogP contribution < -0.4 is 21.5 Å². The summed E-state index contributed by atoms with van der Waals surface area (Å²) in [6.07, 6.45) is 1.33. The summed E-state index contributed by atoms with van der Waals surface area (Å²) in [6.45, 7) is 0.240. The van der Waals surface area contributed by atoms with Gasteiger partial charge in [-0.1, -0.05) is 18.2 Å². The molecule has 142 valence electrons. The van der Waals surface area contributed by atoms with E-state index in [4.69, 9.17) is 0 Å². The van der Waals surface area contributed by atoms with Crippen molar-refractivity contribution in [1.82, 2.24) is 9.55 Å². The number of fused-ring (bicyclic) bond motifs is 1. The Morgan fingerprint density at radius 3 is 2.68 bits per heavy atom. The molecule has 0 saturated carbocycles. The van der Waals surface area contributed by atoms with Gasteiger partial charge in [0.1, 0.15) is 6.54 Å². The normalized spacial score (nSPS) is 13.9. The van der Waals surface area contributed by atoms with E-state index in [1.54, 1.807) is 53.4 Å². The Morgan fingerprint density at radius 1 is 1.07 bits per heavy atom. The third-order valence-corrected chi connectivity index (χ3v) is 4.71. The van der Waals surface area contributed by atoms with Crippen molar-refractivity contribution in [3.8, 4) is 0 Å². The molecule has 28 heavy (non-hydrogen) atoms. The predicted octanol–water partition coefficient (Wildman–Crippen LogP) is 1.46. The maximum absolute atomic E-state index is 12.5. The highest BCUT2D eigenvalue weighted by atomic mass is 16.2. The summed E-state index contributed by atoms with van der Waals surface area (Å²) in [7, 11) is 0. The van der Waals surface area contributed by atoms with Crippen LogP contribution in [0.25, 0.3) is 10.9 Å². The first-order valence-electron chi connectivity index (χ1n) is 8.95. The summed E-state index contributed by atoms with van der Waals surface area (Å²) in [6, 6.07) is 13.6. The number of carbonyl (C=O) groups excluding carboxylic acids is 2. The molecule has 2 N–H and O–H groups in total. The van der Waals surface area contributed by atoms with Crippen molar-refractivity contribution in [2.75, 3.05) is 16.8 Å². The van der Waals surface area contributed by atoms with Crippen molar-refractivity contribution in [3.63, 3.8) is 0 Å². The molecule has 2 heterocycles. The van der Waals surface area contributed by atoms with Crippen LogP contribution in [0.2, 0.25) is 0 Å². The van der Waals surface area contributed by atoms with E-state index in [1.165, 1.54) is 0 Å². The first-order chi connectivity index (χ1) is 13.5. The molecule has 8 nitrogen and oxygen atoms in total. The Hall–Kier alpha value is -3.68. The number of nitrogens with zero attached hydrogens (tertiary/aromatic N) is 2. The summed E-state index contributed by atoms with van der Waals surface area (Å²) in [5, 5.41) is 3.02. The number of aromatic nitrogens is 2. The molecule has 2 aromatic carbocycles. The Morgan fingerprint density at radius 2 is 1.89 bits per heavy atom. The van der Waals surface area contributed by atoms with Crippen LogP contribution in [0.5, 0.6) is 0 Å². The zero-order valence-electron chi connectivity index (χ0n) is 15.0. The molecular weight excluding hydrogens is 360 g/mol. The summed E-state index contributed by atoms with van der Waals surface area (Å²) < 4.78 is 0.867. The SMILES string of the molecule is O=C(Cn1c(=O)[nH]c2ccccc2c1=O)Nc1cccc(N2CCCC2=O)c1. The molecule has 0 unspecified atom stereocenters. The number of benzene rings is 2. The van der Waals surface area contributed by atoms with E-state index in [9.17, 15) is 19.2 Å². The Bertz CT molecular complexity index is 1190. The van der Waals surface area contributed by atoms with Gasteiger partial charge in [-0.3, -0.25) is 19.0 Å². The van der Waals surface area contributed by atoms with Gasteiger partial charge in [-0.2, -0.15) is 0 Å². The predicted molar refractivity (Wildman–Crippen MR) is 105 cm³/mol. The number of amides is 2. The molecule has 0 aliphatic carbocycles. The minimum Gasteiger partial charge on any atom is -0.324 e. The van der Waals surface area contributed by atoms with Gasteiger partial charge < -0.3 is 15.2 Å². The number of aromatic amines is 1. The second-order valence-electron chi connectivity index (χ2n) is 6.61. The lowest BCUT2D eigenvalue weighted by Gasteiger charge is -2.16. The maximum atomic E-state index is 12.5. The topological polar surface area (TPSA) is 104 Å². The summed E-state index contributed by atoms with van der Waals surface area (Å²) in [5.41, 5.74) is 0.465. The Labute approximate surface area is 159 Å². The molecule has 0 spiro atoms. The van der Waals surface area contributed by atoms with Gasteiger partial charge in [-0.15, -0.1) is 0 Å². The van der Waals surface area contributed by atoms with Crippen LogP contribution in [0.4, 0.5) is 11.4 Å². The molecule has 1 saturated heterocycles. The first-order valence-corrected chi connectivity index (χ1v) is 8.95. The van der Waals surface area contributed by atoms with Crippen molar-refractivity contribution in [1.29, 1.82) is 0 Å². The van der Waals surface area contributed by atoms with E-state index in [1.807, 2.05) is 0 Å². The lowest BCUT2D eigenvalue weighted by atomic mass is 10.2. The summed E-state index contributed by atoms with van der Waals surface area (Å²) >= 11 is 0. The van der Waals surface area contributed by atoms with Gasteiger partial charge in [0, 0.05) is 24.3 Å². The monoisotopic (exact) mass is 378 g/mol. The van der Waals surface area contributed by atoms with Gasteiger partial charge in [0.2, 0.25) is 11.8 Å². The molecule has 0 bridgehead atoms. The Kier molecular flexibility index (Phi) is 4.52. The van der Waals surface area contributed by atoms with E-state index >= 15 is 0 Å². The van der Waals surface area contributed by atoms with Gasteiger partial charge in [0.25, 0.3) is 5.56 Å². The molecule has 0 radical (unpaired) electrons. The number of carbonyl (C=O) groups is 2.